The average molecular weight is 373 g/mol. The standard InChI is InChI=1S/C11H10BrClF3N3O/c12-7-3-8-10(17-5-7)19(9(4-13)18-8)1-2-20-6-11(14,15)16/h3,5H,1-2,4,6H2. The molecular weight excluding hydrogens is 362 g/mol. The second kappa shape index (κ2) is 6.28. The molecule has 9 heteroatoms. The lowest BCUT2D eigenvalue weighted by molar-refractivity contribution is -0.174. The molecule has 0 aliphatic heterocycles. The fraction of sp³-hybridized carbons (Fsp3) is 0.455. The smallest absolute Gasteiger partial charge is 0.370 e. The second-order valence-corrected chi connectivity index (χ2v) is 5.16. The van der Waals surface area contributed by atoms with Gasteiger partial charge in [0.1, 0.15) is 17.9 Å². The van der Waals surface area contributed by atoms with Gasteiger partial charge in [0.05, 0.1) is 12.5 Å². The van der Waals surface area contributed by atoms with Crippen LogP contribution in [0.2, 0.25) is 0 Å². The first-order chi connectivity index (χ1) is 9.40. The predicted molar refractivity (Wildman–Crippen MR) is 71.7 cm³/mol. The van der Waals surface area contributed by atoms with Gasteiger partial charge in [0.25, 0.3) is 0 Å². The molecule has 2 rings (SSSR count). The van der Waals surface area contributed by atoms with Crippen molar-refractivity contribution >= 4 is 38.7 Å². The van der Waals surface area contributed by atoms with E-state index < -0.39 is 12.8 Å². The van der Waals surface area contributed by atoms with E-state index in [0.29, 0.717) is 17.0 Å². The maximum Gasteiger partial charge on any atom is 0.411 e. The van der Waals surface area contributed by atoms with Crippen LogP contribution in [0, 0.1) is 0 Å². The van der Waals surface area contributed by atoms with Crippen molar-refractivity contribution in [3.05, 3.63) is 22.6 Å². The van der Waals surface area contributed by atoms with Crippen molar-refractivity contribution in [3.63, 3.8) is 0 Å². The van der Waals surface area contributed by atoms with Gasteiger partial charge in [-0.25, -0.2) is 9.97 Å². The highest BCUT2D eigenvalue weighted by Gasteiger charge is 2.27. The molecule has 0 atom stereocenters. The van der Waals surface area contributed by atoms with Crippen LogP contribution in [0.5, 0.6) is 0 Å². The number of fused-ring (bicyclic) bond motifs is 1. The third-order valence-corrected chi connectivity index (χ3v) is 3.15. The minimum absolute atomic E-state index is 0.0907. The van der Waals surface area contributed by atoms with Crippen LogP contribution < -0.4 is 0 Å². The van der Waals surface area contributed by atoms with Crippen LogP contribution in [0.1, 0.15) is 5.82 Å². The summed E-state index contributed by atoms with van der Waals surface area (Å²) in [6, 6.07) is 1.77. The van der Waals surface area contributed by atoms with E-state index in [1.807, 2.05) is 0 Å². The molecular formula is C11H10BrClF3N3O. The highest BCUT2D eigenvalue weighted by molar-refractivity contribution is 9.10. The van der Waals surface area contributed by atoms with Gasteiger partial charge < -0.3 is 9.30 Å². The number of halogens is 5. The van der Waals surface area contributed by atoms with Crippen LogP contribution >= 0.6 is 27.5 Å². The molecule has 4 nitrogen and oxygen atoms in total. The SMILES string of the molecule is FC(F)(F)COCCn1c(CCl)nc2cc(Br)cnc21. The van der Waals surface area contributed by atoms with Crippen LogP contribution in [0.3, 0.4) is 0 Å². The van der Waals surface area contributed by atoms with Crippen LogP contribution in [0.25, 0.3) is 11.2 Å². The van der Waals surface area contributed by atoms with Gasteiger partial charge in [-0.15, -0.1) is 11.6 Å². The summed E-state index contributed by atoms with van der Waals surface area (Å²) in [5.41, 5.74) is 1.20. The van der Waals surface area contributed by atoms with Crippen molar-refractivity contribution < 1.29 is 17.9 Å². The first kappa shape index (κ1) is 15.5. The summed E-state index contributed by atoms with van der Waals surface area (Å²) in [6.07, 6.45) is -2.73. The Hall–Kier alpha value is -0.860. The summed E-state index contributed by atoms with van der Waals surface area (Å²) in [5, 5.41) is 0. The van der Waals surface area contributed by atoms with Gasteiger partial charge in [-0.3, -0.25) is 0 Å². The van der Waals surface area contributed by atoms with Crippen molar-refractivity contribution in [1.82, 2.24) is 14.5 Å². The van der Waals surface area contributed by atoms with E-state index >= 15 is 0 Å². The number of pyridine rings is 1. The van der Waals surface area contributed by atoms with E-state index in [-0.39, 0.29) is 19.0 Å². The Bertz CT molecular complexity index is 602. The zero-order chi connectivity index (χ0) is 14.8. The summed E-state index contributed by atoms with van der Waals surface area (Å²) in [6.45, 7) is -1.15. The molecule has 0 unspecified atom stereocenters. The maximum atomic E-state index is 12.0. The first-order valence-corrected chi connectivity index (χ1v) is 6.94. The van der Waals surface area contributed by atoms with Gasteiger partial charge in [-0.2, -0.15) is 13.2 Å². The number of imidazole rings is 1. The lowest BCUT2D eigenvalue weighted by Crippen LogP contribution is -2.19. The number of hydrogen-bond donors (Lipinski definition) is 0. The van der Waals surface area contributed by atoms with E-state index in [4.69, 9.17) is 11.6 Å². The average Bonchev–Trinajstić information content (AvgIpc) is 2.70. The third kappa shape index (κ3) is 3.83. The molecule has 0 saturated heterocycles. The zero-order valence-corrected chi connectivity index (χ0v) is 12.5. The Morgan fingerprint density at radius 2 is 2.15 bits per heavy atom. The summed E-state index contributed by atoms with van der Waals surface area (Å²) in [4.78, 5) is 8.47. The number of ether oxygens (including phenoxy) is 1. The van der Waals surface area contributed by atoms with Gasteiger partial charge in [0.2, 0.25) is 0 Å². The Morgan fingerprint density at radius 3 is 2.80 bits per heavy atom. The van der Waals surface area contributed by atoms with Crippen LogP contribution in [0.15, 0.2) is 16.7 Å². The molecule has 20 heavy (non-hydrogen) atoms. The maximum absolute atomic E-state index is 12.0. The molecule has 0 fully saturated rings. The minimum Gasteiger partial charge on any atom is -0.370 e. The molecule has 0 saturated carbocycles. The molecule has 2 aromatic rings. The van der Waals surface area contributed by atoms with E-state index in [2.05, 4.69) is 30.6 Å². The topological polar surface area (TPSA) is 39.9 Å². The second-order valence-electron chi connectivity index (χ2n) is 3.98. The Morgan fingerprint density at radius 1 is 1.40 bits per heavy atom. The van der Waals surface area contributed by atoms with Crippen LogP contribution in [0.4, 0.5) is 13.2 Å². The number of rotatable bonds is 5. The molecule has 0 N–H and O–H groups in total. The Labute approximate surface area is 126 Å². The summed E-state index contributed by atoms with van der Waals surface area (Å²) in [7, 11) is 0. The fourth-order valence-corrected chi connectivity index (χ4v) is 2.24. The van der Waals surface area contributed by atoms with Crippen molar-refractivity contribution in [2.24, 2.45) is 0 Å². The normalized spacial score (nSPS) is 12.2. The molecule has 0 radical (unpaired) electrons. The van der Waals surface area contributed by atoms with Crippen molar-refractivity contribution in [2.75, 3.05) is 13.2 Å². The lowest BCUT2D eigenvalue weighted by atomic mass is 10.4. The van der Waals surface area contributed by atoms with Crippen molar-refractivity contribution in [3.8, 4) is 0 Å². The number of nitrogens with zero attached hydrogens (tertiary/aromatic N) is 3. The molecule has 0 spiro atoms. The van der Waals surface area contributed by atoms with Crippen LogP contribution in [-0.2, 0) is 17.2 Å². The summed E-state index contributed by atoms with van der Waals surface area (Å²) in [5.74, 6) is 0.690. The van der Waals surface area contributed by atoms with E-state index in [9.17, 15) is 13.2 Å². The highest BCUT2D eigenvalue weighted by Crippen LogP contribution is 2.20. The van der Waals surface area contributed by atoms with Gasteiger partial charge in [0, 0.05) is 17.2 Å². The predicted octanol–water partition coefficient (Wildman–Crippen LogP) is 3.51. The molecule has 0 aromatic carbocycles. The fourth-order valence-electron chi connectivity index (χ4n) is 1.71. The Balaban J connectivity index is 2.12. The molecule has 0 bridgehead atoms. The van der Waals surface area contributed by atoms with Gasteiger partial charge in [-0.1, -0.05) is 0 Å². The van der Waals surface area contributed by atoms with Crippen molar-refractivity contribution in [2.45, 2.75) is 18.6 Å². The first-order valence-electron chi connectivity index (χ1n) is 5.62. The number of hydrogen-bond acceptors (Lipinski definition) is 3. The van der Waals surface area contributed by atoms with Gasteiger partial charge >= 0.3 is 6.18 Å². The van der Waals surface area contributed by atoms with Crippen molar-refractivity contribution in [1.29, 1.82) is 0 Å². The largest absolute Gasteiger partial charge is 0.411 e. The third-order valence-electron chi connectivity index (χ3n) is 2.48. The minimum atomic E-state index is -4.32. The molecule has 0 amide bonds. The van der Waals surface area contributed by atoms with E-state index in [1.54, 1.807) is 16.8 Å². The molecule has 2 heterocycles. The lowest BCUT2D eigenvalue weighted by Gasteiger charge is -2.09. The highest BCUT2D eigenvalue weighted by atomic mass is 79.9. The summed E-state index contributed by atoms with van der Waals surface area (Å²) < 4.78 is 43.0. The molecule has 0 aliphatic carbocycles. The molecule has 0 aliphatic rings. The van der Waals surface area contributed by atoms with Crippen LogP contribution in [-0.4, -0.2) is 33.9 Å². The zero-order valence-electron chi connectivity index (χ0n) is 10.1. The van der Waals surface area contributed by atoms with E-state index in [1.165, 1.54) is 0 Å². The number of aromatic nitrogens is 3. The number of alkyl halides is 4. The molecule has 110 valence electrons. The summed E-state index contributed by atoms with van der Waals surface area (Å²) >= 11 is 9.06. The van der Waals surface area contributed by atoms with E-state index in [0.717, 1.165) is 4.47 Å². The quantitative estimate of drug-likeness (QED) is 0.596. The van der Waals surface area contributed by atoms with Gasteiger partial charge in [0.15, 0.2) is 5.65 Å². The monoisotopic (exact) mass is 371 g/mol. The van der Waals surface area contributed by atoms with Gasteiger partial charge in [-0.05, 0) is 22.0 Å². The Kier molecular flexibility index (Phi) is 4.87. The molecule has 2 aromatic heterocycles.